The maximum atomic E-state index is 11.1. The molecule has 1 fully saturated rings. The van der Waals surface area contributed by atoms with Crippen molar-refractivity contribution >= 4 is 6.29 Å². The van der Waals surface area contributed by atoms with Crippen molar-refractivity contribution in [2.45, 2.75) is 19.4 Å². The maximum Gasteiger partial charge on any atom is 0.129 e. The number of carbonyl (C=O) groups is 1. The summed E-state index contributed by atoms with van der Waals surface area (Å²) in [5, 5.41) is 0. The van der Waals surface area contributed by atoms with Gasteiger partial charge in [0.25, 0.3) is 0 Å². The van der Waals surface area contributed by atoms with E-state index in [4.69, 9.17) is 9.47 Å². The second-order valence-electron chi connectivity index (χ2n) is 4.50. The van der Waals surface area contributed by atoms with Crippen molar-refractivity contribution in [2.75, 3.05) is 40.5 Å². The Bertz CT molecular complexity index is 202. The van der Waals surface area contributed by atoms with E-state index in [9.17, 15) is 4.79 Å². The number of ether oxygens (including phenoxy) is 2. The molecule has 0 spiro atoms. The fourth-order valence-electron chi connectivity index (χ4n) is 1.90. The molecule has 0 amide bonds. The van der Waals surface area contributed by atoms with E-state index >= 15 is 0 Å². The van der Waals surface area contributed by atoms with E-state index in [0.717, 1.165) is 19.3 Å². The van der Waals surface area contributed by atoms with E-state index in [1.54, 1.807) is 7.11 Å². The number of carbonyl (C=O) groups excluding carboxylic acids is 1. The van der Waals surface area contributed by atoms with E-state index in [1.807, 2.05) is 7.05 Å². The van der Waals surface area contributed by atoms with Gasteiger partial charge in [-0.05, 0) is 20.4 Å². The van der Waals surface area contributed by atoms with Gasteiger partial charge in [-0.3, -0.25) is 0 Å². The van der Waals surface area contributed by atoms with Gasteiger partial charge in [-0.1, -0.05) is 0 Å². The molecule has 2 unspecified atom stereocenters. The van der Waals surface area contributed by atoms with Crippen LogP contribution >= 0.6 is 0 Å². The lowest BCUT2D eigenvalue weighted by Crippen LogP contribution is -2.43. The molecule has 0 saturated carbocycles. The van der Waals surface area contributed by atoms with Crippen molar-refractivity contribution in [1.29, 1.82) is 0 Å². The van der Waals surface area contributed by atoms with Crippen molar-refractivity contribution in [2.24, 2.45) is 5.41 Å². The summed E-state index contributed by atoms with van der Waals surface area (Å²) in [4.78, 5) is 13.3. The summed E-state index contributed by atoms with van der Waals surface area (Å²) in [6.07, 6.45) is 1.89. The zero-order chi connectivity index (χ0) is 11.3. The van der Waals surface area contributed by atoms with Crippen molar-refractivity contribution in [1.82, 2.24) is 4.90 Å². The molecule has 0 N–H and O–H groups in total. The molecule has 1 aliphatic rings. The molecule has 0 radical (unpaired) electrons. The Morgan fingerprint density at radius 1 is 1.67 bits per heavy atom. The van der Waals surface area contributed by atoms with E-state index in [2.05, 4.69) is 11.8 Å². The van der Waals surface area contributed by atoms with Crippen LogP contribution in [0.25, 0.3) is 0 Å². The molecule has 0 bridgehead atoms. The molecule has 4 heteroatoms. The van der Waals surface area contributed by atoms with Gasteiger partial charge in [-0.2, -0.15) is 0 Å². The summed E-state index contributed by atoms with van der Waals surface area (Å²) in [5.74, 6) is 0. The predicted molar refractivity (Wildman–Crippen MR) is 57.9 cm³/mol. The Labute approximate surface area is 91.5 Å². The predicted octanol–water partition coefficient (Wildman–Crippen LogP) is 0.559. The van der Waals surface area contributed by atoms with Gasteiger partial charge in [0.1, 0.15) is 6.29 Å². The number of methoxy groups -OCH3 is 1. The topological polar surface area (TPSA) is 38.8 Å². The van der Waals surface area contributed by atoms with Crippen molar-refractivity contribution < 1.29 is 14.3 Å². The summed E-state index contributed by atoms with van der Waals surface area (Å²) >= 11 is 0. The van der Waals surface area contributed by atoms with E-state index in [0.29, 0.717) is 25.9 Å². The van der Waals surface area contributed by atoms with Crippen LogP contribution in [-0.4, -0.2) is 57.8 Å². The molecular formula is C11H21NO3. The third-order valence-corrected chi connectivity index (χ3v) is 3.11. The Hall–Kier alpha value is -0.450. The molecule has 2 atom stereocenters. The standard InChI is InChI=1S/C11H21NO3/c1-10(6-14-3)12(2)7-11(8-13)4-5-15-9-11/h8,10H,4-7,9H2,1-3H3. The highest BCUT2D eigenvalue weighted by atomic mass is 16.5. The lowest BCUT2D eigenvalue weighted by atomic mass is 9.88. The molecule has 0 aliphatic carbocycles. The second kappa shape index (κ2) is 5.58. The van der Waals surface area contributed by atoms with E-state index < -0.39 is 0 Å². The van der Waals surface area contributed by atoms with Crippen LogP contribution in [0.5, 0.6) is 0 Å². The van der Waals surface area contributed by atoms with Crippen LogP contribution in [0.4, 0.5) is 0 Å². The van der Waals surface area contributed by atoms with Crippen LogP contribution in [0.3, 0.4) is 0 Å². The first-order valence-electron chi connectivity index (χ1n) is 5.37. The van der Waals surface area contributed by atoms with Gasteiger partial charge in [0, 0.05) is 26.3 Å². The zero-order valence-corrected chi connectivity index (χ0v) is 9.86. The van der Waals surface area contributed by atoms with Crippen molar-refractivity contribution in [3.05, 3.63) is 0 Å². The van der Waals surface area contributed by atoms with Crippen molar-refractivity contribution in [3.8, 4) is 0 Å². The SMILES string of the molecule is COCC(C)N(C)CC1(C=O)CCOC1. The molecule has 1 heterocycles. The number of nitrogens with zero attached hydrogens (tertiary/aromatic N) is 1. The minimum Gasteiger partial charge on any atom is -0.383 e. The van der Waals surface area contributed by atoms with Gasteiger partial charge in [-0.25, -0.2) is 0 Å². The van der Waals surface area contributed by atoms with E-state index in [1.165, 1.54) is 0 Å². The van der Waals surface area contributed by atoms with Gasteiger partial charge in [0.15, 0.2) is 0 Å². The number of likely N-dealkylation sites (N-methyl/N-ethyl adjacent to an activating group) is 1. The molecule has 0 aromatic heterocycles. The molecule has 1 aliphatic heterocycles. The zero-order valence-electron chi connectivity index (χ0n) is 9.86. The average molecular weight is 215 g/mol. The smallest absolute Gasteiger partial charge is 0.129 e. The minimum atomic E-state index is -0.295. The maximum absolute atomic E-state index is 11.1. The summed E-state index contributed by atoms with van der Waals surface area (Å²) in [6.45, 7) is 4.79. The van der Waals surface area contributed by atoms with Crippen LogP contribution in [0.15, 0.2) is 0 Å². The van der Waals surface area contributed by atoms with Crippen LogP contribution < -0.4 is 0 Å². The van der Waals surface area contributed by atoms with Crippen LogP contribution in [0.2, 0.25) is 0 Å². The first-order chi connectivity index (χ1) is 7.13. The van der Waals surface area contributed by atoms with Gasteiger partial charge in [0.05, 0.1) is 18.6 Å². The van der Waals surface area contributed by atoms with Gasteiger partial charge in [-0.15, -0.1) is 0 Å². The van der Waals surface area contributed by atoms with Crippen molar-refractivity contribution in [3.63, 3.8) is 0 Å². The van der Waals surface area contributed by atoms with Gasteiger partial charge >= 0.3 is 0 Å². The molecule has 0 aromatic carbocycles. The third kappa shape index (κ3) is 3.26. The van der Waals surface area contributed by atoms with Gasteiger partial charge < -0.3 is 19.2 Å². The Balaban J connectivity index is 2.47. The van der Waals surface area contributed by atoms with E-state index in [-0.39, 0.29) is 5.41 Å². The second-order valence-corrected chi connectivity index (χ2v) is 4.50. The number of hydrogen-bond acceptors (Lipinski definition) is 4. The first-order valence-corrected chi connectivity index (χ1v) is 5.37. The summed E-state index contributed by atoms with van der Waals surface area (Å²) in [7, 11) is 3.71. The molecular weight excluding hydrogens is 194 g/mol. The molecule has 0 aromatic rings. The Morgan fingerprint density at radius 3 is 2.87 bits per heavy atom. The molecule has 1 rings (SSSR count). The molecule has 15 heavy (non-hydrogen) atoms. The molecule has 4 nitrogen and oxygen atoms in total. The molecule has 1 saturated heterocycles. The fraction of sp³-hybridized carbons (Fsp3) is 0.909. The molecule has 88 valence electrons. The van der Waals surface area contributed by atoms with Crippen LogP contribution in [-0.2, 0) is 14.3 Å². The largest absolute Gasteiger partial charge is 0.383 e. The highest BCUT2D eigenvalue weighted by Gasteiger charge is 2.36. The summed E-state index contributed by atoms with van der Waals surface area (Å²) < 4.78 is 10.4. The Kier molecular flexibility index (Phi) is 4.70. The summed E-state index contributed by atoms with van der Waals surface area (Å²) in [6, 6.07) is 0.326. The average Bonchev–Trinajstić information content (AvgIpc) is 2.67. The first kappa shape index (κ1) is 12.6. The normalized spacial score (nSPS) is 28.3. The quantitative estimate of drug-likeness (QED) is 0.607. The minimum absolute atomic E-state index is 0.295. The monoisotopic (exact) mass is 215 g/mol. The summed E-state index contributed by atoms with van der Waals surface area (Å²) in [5.41, 5.74) is -0.295. The number of rotatable bonds is 6. The third-order valence-electron chi connectivity index (χ3n) is 3.11. The fourth-order valence-corrected chi connectivity index (χ4v) is 1.90. The van der Waals surface area contributed by atoms with Gasteiger partial charge in [0.2, 0.25) is 0 Å². The lowest BCUT2D eigenvalue weighted by molar-refractivity contribution is -0.117. The lowest BCUT2D eigenvalue weighted by Gasteiger charge is -2.31. The highest BCUT2D eigenvalue weighted by Crippen LogP contribution is 2.27. The number of aldehydes is 1. The Morgan fingerprint density at radius 2 is 2.40 bits per heavy atom. The van der Waals surface area contributed by atoms with Crippen LogP contribution in [0.1, 0.15) is 13.3 Å². The highest BCUT2D eigenvalue weighted by molar-refractivity contribution is 5.60. The number of hydrogen-bond donors (Lipinski definition) is 0. The van der Waals surface area contributed by atoms with Crippen LogP contribution in [0, 0.1) is 5.41 Å².